The van der Waals surface area contributed by atoms with Crippen LogP contribution >= 0.6 is 34.2 Å². The summed E-state index contributed by atoms with van der Waals surface area (Å²) in [5, 5.41) is 10.0. The van der Waals surface area contributed by atoms with Crippen molar-refractivity contribution in [1.82, 2.24) is 0 Å². The van der Waals surface area contributed by atoms with Crippen molar-refractivity contribution >= 4 is 45.8 Å². The van der Waals surface area contributed by atoms with Crippen molar-refractivity contribution in [3.8, 4) is 17.6 Å². The van der Waals surface area contributed by atoms with E-state index in [0.717, 1.165) is 14.7 Å². The monoisotopic (exact) mass is 425 g/mol. The number of rotatable bonds is 4. The highest BCUT2D eigenvalue weighted by molar-refractivity contribution is 14.1. The molecule has 0 aromatic heterocycles. The predicted octanol–water partition coefficient (Wildman–Crippen LogP) is 5.03. The molecular formula is C17H13ClINO2. The van der Waals surface area contributed by atoms with Crippen LogP contribution in [-0.4, -0.2) is 14.2 Å². The molecule has 0 saturated carbocycles. The Bertz CT molecular complexity index is 748. The van der Waals surface area contributed by atoms with Crippen molar-refractivity contribution < 1.29 is 9.47 Å². The largest absolute Gasteiger partial charge is 0.493 e. The smallest absolute Gasteiger partial charge is 0.174 e. The molecule has 0 saturated heterocycles. The Balaban J connectivity index is 2.48. The lowest BCUT2D eigenvalue weighted by molar-refractivity contribution is 0.353. The first-order valence-corrected chi connectivity index (χ1v) is 7.84. The van der Waals surface area contributed by atoms with E-state index in [0.29, 0.717) is 22.1 Å². The van der Waals surface area contributed by atoms with Crippen LogP contribution in [0.2, 0.25) is 5.02 Å². The molecule has 2 aromatic carbocycles. The van der Waals surface area contributed by atoms with Gasteiger partial charge in [-0.25, -0.2) is 0 Å². The zero-order chi connectivity index (χ0) is 16.1. The molecule has 0 atom stereocenters. The highest BCUT2D eigenvalue weighted by Gasteiger charge is 2.10. The van der Waals surface area contributed by atoms with Crippen LogP contribution in [0.25, 0.3) is 11.6 Å². The molecule has 0 aliphatic heterocycles. The number of allylic oxidation sites excluding steroid dienone is 1. The minimum absolute atomic E-state index is 0.555. The van der Waals surface area contributed by atoms with E-state index in [1.807, 2.05) is 30.3 Å². The summed E-state index contributed by atoms with van der Waals surface area (Å²) in [6.07, 6.45) is 1.81. The maximum atomic E-state index is 9.40. The van der Waals surface area contributed by atoms with Crippen LogP contribution in [0.5, 0.6) is 11.5 Å². The van der Waals surface area contributed by atoms with Gasteiger partial charge in [0.2, 0.25) is 0 Å². The van der Waals surface area contributed by atoms with Gasteiger partial charge in [-0.3, -0.25) is 0 Å². The maximum Gasteiger partial charge on any atom is 0.174 e. The van der Waals surface area contributed by atoms with Crippen molar-refractivity contribution in [1.29, 1.82) is 5.26 Å². The molecule has 0 spiro atoms. The molecule has 0 fully saturated rings. The van der Waals surface area contributed by atoms with E-state index in [2.05, 4.69) is 28.7 Å². The summed E-state index contributed by atoms with van der Waals surface area (Å²) in [5.74, 6) is 1.32. The molecule has 2 aromatic rings. The van der Waals surface area contributed by atoms with Gasteiger partial charge in [0, 0.05) is 5.02 Å². The maximum absolute atomic E-state index is 9.40. The number of hydrogen-bond acceptors (Lipinski definition) is 3. The summed E-state index contributed by atoms with van der Waals surface area (Å²) in [4.78, 5) is 0. The first-order chi connectivity index (χ1) is 10.6. The van der Waals surface area contributed by atoms with Gasteiger partial charge in [0.1, 0.15) is 0 Å². The molecule has 0 unspecified atom stereocenters. The summed E-state index contributed by atoms with van der Waals surface area (Å²) in [6.45, 7) is 0. The molecular weight excluding hydrogens is 413 g/mol. The Morgan fingerprint density at radius 2 is 1.86 bits per heavy atom. The van der Waals surface area contributed by atoms with Crippen molar-refractivity contribution in [3.63, 3.8) is 0 Å². The van der Waals surface area contributed by atoms with Crippen molar-refractivity contribution in [2.24, 2.45) is 0 Å². The minimum atomic E-state index is 0.555. The van der Waals surface area contributed by atoms with Crippen LogP contribution in [0.4, 0.5) is 0 Å². The van der Waals surface area contributed by atoms with Gasteiger partial charge < -0.3 is 9.47 Å². The molecule has 0 heterocycles. The number of halogens is 2. The van der Waals surface area contributed by atoms with Crippen LogP contribution in [-0.2, 0) is 0 Å². The van der Waals surface area contributed by atoms with E-state index >= 15 is 0 Å². The van der Waals surface area contributed by atoms with Crippen LogP contribution in [0.15, 0.2) is 36.4 Å². The zero-order valence-electron chi connectivity index (χ0n) is 12.1. The van der Waals surface area contributed by atoms with Gasteiger partial charge in [-0.05, 0) is 64.1 Å². The molecule has 112 valence electrons. The molecule has 0 aliphatic carbocycles. The second-order valence-electron chi connectivity index (χ2n) is 4.41. The van der Waals surface area contributed by atoms with Gasteiger partial charge in [-0.1, -0.05) is 23.7 Å². The summed E-state index contributed by atoms with van der Waals surface area (Å²) >= 11 is 8.06. The lowest BCUT2D eigenvalue weighted by Crippen LogP contribution is -1.94. The van der Waals surface area contributed by atoms with Crippen LogP contribution in [0, 0.1) is 14.9 Å². The molecule has 0 N–H and O–H groups in total. The average Bonchev–Trinajstić information content (AvgIpc) is 2.53. The van der Waals surface area contributed by atoms with E-state index in [1.165, 1.54) is 0 Å². The summed E-state index contributed by atoms with van der Waals surface area (Å²) < 4.78 is 11.6. The number of methoxy groups -OCH3 is 2. The normalized spacial score (nSPS) is 11.0. The highest BCUT2D eigenvalue weighted by atomic mass is 127. The van der Waals surface area contributed by atoms with E-state index in [-0.39, 0.29) is 0 Å². The fourth-order valence-corrected chi connectivity index (χ4v) is 2.97. The first-order valence-electron chi connectivity index (χ1n) is 6.38. The third-order valence-electron chi connectivity index (χ3n) is 3.04. The standard InChI is InChI=1S/C17H13ClINO2/c1-21-16-9-11(8-15(19)17(16)22-2)7-13(10-20)12-3-5-14(18)6-4-12/h3-9H,1-2H3. The molecule has 0 amide bonds. The van der Waals surface area contributed by atoms with Crippen LogP contribution in [0.1, 0.15) is 11.1 Å². The van der Waals surface area contributed by atoms with Gasteiger partial charge in [0.25, 0.3) is 0 Å². The zero-order valence-corrected chi connectivity index (χ0v) is 15.0. The number of nitrogens with zero attached hydrogens (tertiary/aromatic N) is 1. The van der Waals surface area contributed by atoms with Crippen LogP contribution in [0.3, 0.4) is 0 Å². The van der Waals surface area contributed by atoms with Crippen molar-refractivity contribution in [3.05, 3.63) is 56.1 Å². The molecule has 5 heteroatoms. The third kappa shape index (κ3) is 3.73. The van der Waals surface area contributed by atoms with Crippen molar-refractivity contribution in [2.75, 3.05) is 14.2 Å². The second-order valence-corrected chi connectivity index (χ2v) is 6.01. The van der Waals surface area contributed by atoms with Gasteiger partial charge in [0.05, 0.1) is 29.4 Å². The van der Waals surface area contributed by atoms with E-state index < -0.39 is 0 Å². The number of hydrogen-bond donors (Lipinski definition) is 0. The van der Waals surface area contributed by atoms with E-state index in [9.17, 15) is 5.26 Å². The Hall–Kier alpha value is -1.71. The lowest BCUT2D eigenvalue weighted by atomic mass is 10.0. The summed E-state index contributed by atoms with van der Waals surface area (Å²) in [5.41, 5.74) is 2.24. The van der Waals surface area contributed by atoms with Crippen molar-refractivity contribution in [2.45, 2.75) is 0 Å². The van der Waals surface area contributed by atoms with E-state index in [1.54, 1.807) is 26.4 Å². The van der Waals surface area contributed by atoms with Gasteiger partial charge in [-0.2, -0.15) is 5.26 Å². The van der Waals surface area contributed by atoms with Crippen LogP contribution < -0.4 is 9.47 Å². The molecule has 0 aliphatic rings. The Labute approximate surface area is 148 Å². The quantitative estimate of drug-likeness (QED) is 0.392. The number of benzene rings is 2. The molecule has 0 bridgehead atoms. The fraction of sp³-hybridized carbons (Fsp3) is 0.118. The lowest BCUT2D eigenvalue weighted by Gasteiger charge is -2.10. The topological polar surface area (TPSA) is 42.2 Å². The Morgan fingerprint density at radius 3 is 2.41 bits per heavy atom. The molecule has 22 heavy (non-hydrogen) atoms. The number of ether oxygens (including phenoxy) is 2. The SMILES string of the molecule is COc1cc(C=C(C#N)c2ccc(Cl)cc2)cc(I)c1OC. The summed E-state index contributed by atoms with van der Waals surface area (Å²) in [6, 6.07) is 13.2. The highest BCUT2D eigenvalue weighted by Crippen LogP contribution is 2.34. The molecule has 0 radical (unpaired) electrons. The van der Waals surface area contributed by atoms with Gasteiger partial charge >= 0.3 is 0 Å². The average molecular weight is 426 g/mol. The third-order valence-corrected chi connectivity index (χ3v) is 4.10. The summed E-state index contributed by atoms with van der Waals surface area (Å²) in [7, 11) is 3.19. The fourth-order valence-electron chi connectivity index (χ4n) is 2.00. The van der Waals surface area contributed by atoms with Gasteiger partial charge in [-0.15, -0.1) is 0 Å². The molecule has 2 rings (SSSR count). The van der Waals surface area contributed by atoms with Gasteiger partial charge in [0.15, 0.2) is 11.5 Å². The Morgan fingerprint density at radius 1 is 1.18 bits per heavy atom. The van der Waals surface area contributed by atoms with E-state index in [4.69, 9.17) is 21.1 Å². The first kappa shape index (κ1) is 16.7. The second kappa shape index (κ2) is 7.52. The molecule has 3 nitrogen and oxygen atoms in total. The Kier molecular flexibility index (Phi) is 5.69. The predicted molar refractivity (Wildman–Crippen MR) is 97.2 cm³/mol. The number of nitriles is 1. The minimum Gasteiger partial charge on any atom is -0.493 e.